The van der Waals surface area contributed by atoms with Crippen LogP contribution in [0.5, 0.6) is 0 Å². The predicted octanol–water partition coefficient (Wildman–Crippen LogP) is 2.55. The predicted molar refractivity (Wildman–Crippen MR) is 83.0 cm³/mol. The highest BCUT2D eigenvalue weighted by atomic mass is 32.1. The van der Waals surface area contributed by atoms with Crippen LogP contribution in [0.15, 0.2) is 23.4 Å². The van der Waals surface area contributed by atoms with Crippen LogP contribution in [0.25, 0.3) is 0 Å². The number of carbonyl (C=O) groups excluding carboxylic acids is 1. The van der Waals surface area contributed by atoms with Gasteiger partial charge in [0.25, 0.3) is 5.91 Å². The molecule has 1 aromatic heterocycles. The first-order valence-electron chi connectivity index (χ1n) is 7.23. The van der Waals surface area contributed by atoms with Crippen LogP contribution in [0.4, 0.5) is 0 Å². The van der Waals surface area contributed by atoms with Crippen molar-refractivity contribution in [3.05, 3.63) is 28.2 Å². The molecule has 1 atom stereocenters. The molecule has 1 N–H and O–H groups in total. The molecule has 110 valence electrons. The molecule has 0 saturated carbocycles. The van der Waals surface area contributed by atoms with E-state index >= 15 is 0 Å². The Morgan fingerprint density at radius 1 is 1.65 bits per heavy atom. The molecule has 1 aliphatic rings. The summed E-state index contributed by atoms with van der Waals surface area (Å²) >= 11 is 1.39. The highest BCUT2D eigenvalue weighted by Gasteiger charge is 2.22. The van der Waals surface area contributed by atoms with Gasteiger partial charge in [-0.15, -0.1) is 11.3 Å². The Balaban J connectivity index is 1.71. The number of allylic oxidation sites excluding steroid dienone is 1. The second kappa shape index (κ2) is 7.55. The molecule has 1 amide bonds. The molecule has 5 heteroatoms. The van der Waals surface area contributed by atoms with E-state index in [2.05, 4.69) is 35.1 Å². The van der Waals surface area contributed by atoms with Crippen molar-refractivity contribution in [3.63, 3.8) is 0 Å². The molecule has 20 heavy (non-hydrogen) atoms. The lowest BCUT2D eigenvalue weighted by Crippen LogP contribution is -2.31. The van der Waals surface area contributed by atoms with Gasteiger partial charge in [0.2, 0.25) is 0 Å². The third-order valence-corrected chi connectivity index (χ3v) is 4.37. The number of hydrogen-bond acceptors (Lipinski definition) is 4. The number of rotatable bonds is 6. The lowest BCUT2D eigenvalue weighted by molar-refractivity contribution is 0.0951. The zero-order chi connectivity index (χ0) is 14.4. The minimum absolute atomic E-state index is 0.00742. The van der Waals surface area contributed by atoms with E-state index in [0.717, 1.165) is 32.6 Å². The Morgan fingerprint density at radius 3 is 3.20 bits per heavy atom. The fourth-order valence-corrected chi connectivity index (χ4v) is 3.18. The topological polar surface area (TPSA) is 45.2 Å². The van der Waals surface area contributed by atoms with Gasteiger partial charge in [-0.05, 0) is 32.2 Å². The Hall–Kier alpha value is -1.20. The second-order valence-corrected chi connectivity index (χ2v) is 6.31. The van der Waals surface area contributed by atoms with Gasteiger partial charge in [-0.2, -0.15) is 0 Å². The molecule has 2 heterocycles. The maximum Gasteiger partial charge on any atom is 0.263 e. The van der Waals surface area contributed by atoms with Gasteiger partial charge in [0.15, 0.2) is 0 Å². The van der Waals surface area contributed by atoms with E-state index in [1.54, 1.807) is 11.7 Å². The first-order valence-corrected chi connectivity index (χ1v) is 8.11. The number of carbonyl (C=O) groups is 1. The molecule has 0 radical (unpaired) electrons. The molecule has 0 bridgehead atoms. The zero-order valence-corrected chi connectivity index (χ0v) is 13.1. The molecule has 0 spiro atoms. The number of nitrogens with one attached hydrogen (secondary N) is 1. The molecule has 4 nitrogen and oxygen atoms in total. The van der Waals surface area contributed by atoms with Gasteiger partial charge in [-0.3, -0.25) is 14.7 Å². The summed E-state index contributed by atoms with van der Waals surface area (Å²) in [7, 11) is 0. The SMILES string of the molecule is CC/C=C(\C)CN1CCC(CNC(=O)c2cncs2)C1. The van der Waals surface area contributed by atoms with Gasteiger partial charge in [-0.1, -0.05) is 18.6 Å². The van der Waals surface area contributed by atoms with Gasteiger partial charge in [0.1, 0.15) is 4.88 Å². The molecular formula is C15H23N3OS. The average Bonchev–Trinajstić information content (AvgIpc) is 3.07. The number of hydrogen-bond donors (Lipinski definition) is 1. The molecule has 2 rings (SSSR count). The maximum atomic E-state index is 11.8. The van der Waals surface area contributed by atoms with Crippen molar-refractivity contribution in [2.45, 2.75) is 26.7 Å². The Kier molecular flexibility index (Phi) is 5.73. The van der Waals surface area contributed by atoms with Crippen LogP contribution >= 0.6 is 11.3 Å². The number of likely N-dealkylation sites (tertiary alicyclic amines) is 1. The van der Waals surface area contributed by atoms with Crippen molar-refractivity contribution in [1.82, 2.24) is 15.2 Å². The zero-order valence-electron chi connectivity index (χ0n) is 12.3. The van der Waals surface area contributed by atoms with Crippen molar-refractivity contribution in [2.75, 3.05) is 26.2 Å². The number of thiazole rings is 1. The van der Waals surface area contributed by atoms with Crippen LogP contribution < -0.4 is 5.32 Å². The third kappa shape index (κ3) is 4.42. The Labute approximate surface area is 124 Å². The van der Waals surface area contributed by atoms with Crippen LogP contribution in [0, 0.1) is 5.92 Å². The summed E-state index contributed by atoms with van der Waals surface area (Å²) < 4.78 is 0. The molecule has 1 fully saturated rings. The van der Waals surface area contributed by atoms with E-state index in [4.69, 9.17) is 0 Å². The average molecular weight is 293 g/mol. The summed E-state index contributed by atoms with van der Waals surface area (Å²) in [6.45, 7) is 8.42. The van der Waals surface area contributed by atoms with Gasteiger partial charge in [-0.25, -0.2) is 0 Å². The van der Waals surface area contributed by atoms with Crippen molar-refractivity contribution in [3.8, 4) is 0 Å². The monoisotopic (exact) mass is 293 g/mol. The first kappa shape index (κ1) is 15.2. The van der Waals surface area contributed by atoms with Crippen molar-refractivity contribution < 1.29 is 4.79 Å². The molecule has 1 aromatic rings. The fraction of sp³-hybridized carbons (Fsp3) is 0.600. The summed E-state index contributed by atoms with van der Waals surface area (Å²) in [5, 5.41) is 3.02. The van der Waals surface area contributed by atoms with Crippen LogP contribution in [0.1, 0.15) is 36.4 Å². The second-order valence-electron chi connectivity index (χ2n) is 5.42. The lowest BCUT2D eigenvalue weighted by atomic mass is 10.1. The minimum atomic E-state index is 0.00742. The van der Waals surface area contributed by atoms with Crippen LogP contribution in [0.2, 0.25) is 0 Å². The molecule has 1 unspecified atom stereocenters. The maximum absolute atomic E-state index is 11.8. The molecular weight excluding hydrogens is 270 g/mol. The minimum Gasteiger partial charge on any atom is -0.351 e. The van der Waals surface area contributed by atoms with Crippen molar-refractivity contribution in [1.29, 1.82) is 0 Å². The summed E-state index contributed by atoms with van der Waals surface area (Å²) in [6.07, 6.45) is 6.19. The first-order chi connectivity index (χ1) is 9.69. The van der Waals surface area contributed by atoms with Gasteiger partial charge >= 0.3 is 0 Å². The largest absolute Gasteiger partial charge is 0.351 e. The van der Waals surface area contributed by atoms with Crippen LogP contribution in [0.3, 0.4) is 0 Å². The quantitative estimate of drug-likeness (QED) is 0.820. The highest BCUT2D eigenvalue weighted by Crippen LogP contribution is 2.17. The van der Waals surface area contributed by atoms with Gasteiger partial charge < -0.3 is 5.32 Å². The Morgan fingerprint density at radius 2 is 2.50 bits per heavy atom. The van der Waals surface area contributed by atoms with Crippen molar-refractivity contribution >= 4 is 17.2 Å². The summed E-state index contributed by atoms with van der Waals surface area (Å²) in [4.78, 5) is 18.9. The van der Waals surface area contributed by atoms with Gasteiger partial charge in [0.05, 0.1) is 11.7 Å². The number of aromatic nitrogens is 1. The summed E-state index contributed by atoms with van der Waals surface area (Å²) in [6, 6.07) is 0. The normalized spacial score (nSPS) is 20.3. The lowest BCUT2D eigenvalue weighted by Gasteiger charge is -2.16. The smallest absolute Gasteiger partial charge is 0.263 e. The van der Waals surface area contributed by atoms with Crippen LogP contribution in [-0.4, -0.2) is 42.0 Å². The molecule has 1 aliphatic heterocycles. The van der Waals surface area contributed by atoms with E-state index in [-0.39, 0.29) is 5.91 Å². The van der Waals surface area contributed by atoms with E-state index in [1.165, 1.54) is 23.3 Å². The highest BCUT2D eigenvalue weighted by molar-refractivity contribution is 7.11. The van der Waals surface area contributed by atoms with Crippen molar-refractivity contribution in [2.24, 2.45) is 5.92 Å². The standard InChI is InChI=1S/C15H23N3OS/c1-3-4-12(2)9-18-6-5-13(10-18)7-17-15(19)14-8-16-11-20-14/h4,8,11,13H,3,5-7,9-10H2,1-2H3,(H,17,19)/b12-4+. The summed E-state index contributed by atoms with van der Waals surface area (Å²) in [5.41, 5.74) is 3.14. The van der Waals surface area contributed by atoms with Crippen LogP contribution in [-0.2, 0) is 0 Å². The van der Waals surface area contributed by atoms with E-state index in [1.807, 2.05) is 0 Å². The number of amides is 1. The van der Waals surface area contributed by atoms with E-state index in [0.29, 0.717) is 10.8 Å². The molecule has 1 saturated heterocycles. The van der Waals surface area contributed by atoms with Gasteiger partial charge in [0, 0.05) is 19.6 Å². The fourth-order valence-electron chi connectivity index (χ4n) is 2.64. The number of nitrogens with zero attached hydrogens (tertiary/aromatic N) is 2. The summed E-state index contributed by atoms with van der Waals surface area (Å²) in [5.74, 6) is 0.578. The Bertz CT molecular complexity index is 456. The van der Waals surface area contributed by atoms with E-state index in [9.17, 15) is 4.79 Å². The van der Waals surface area contributed by atoms with E-state index < -0.39 is 0 Å². The molecule has 0 aliphatic carbocycles. The molecule has 0 aromatic carbocycles. The third-order valence-electron chi connectivity index (χ3n) is 3.60.